The molecule has 0 spiro atoms. The Hall–Kier alpha value is -0.880. The van der Waals surface area contributed by atoms with Crippen LogP contribution in [0.3, 0.4) is 0 Å². The lowest BCUT2D eigenvalue weighted by Gasteiger charge is -2.24. The third-order valence-corrected chi connectivity index (χ3v) is 3.38. The van der Waals surface area contributed by atoms with Gasteiger partial charge in [-0.3, -0.25) is 0 Å². The highest BCUT2D eigenvalue weighted by Gasteiger charge is 2.16. The van der Waals surface area contributed by atoms with Crippen LogP contribution in [0.25, 0.3) is 0 Å². The molecule has 0 aromatic heterocycles. The number of thiocarbonyl (C=S) groups is 1. The quantitative estimate of drug-likeness (QED) is 0.646. The van der Waals surface area contributed by atoms with Crippen LogP contribution in [-0.4, -0.2) is 31.7 Å². The Labute approximate surface area is 124 Å². The molecular formula is C13H19ClN2O2S. The van der Waals surface area contributed by atoms with Crippen molar-refractivity contribution in [2.24, 2.45) is 0 Å². The molecule has 0 heterocycles. The van der Waals surface area contributed by atoms with E-state index in [4.69, 9.17) is 33.3 Å². The summed E-state index contributed by atoms with van der Waals surface area (Å²) < 4.78 is 10.3. The monoisotopic (exact) mass is 302 g/mol. The van der Waals surface area contributed by atoms with E-state index in [9.17, 15) is 0 Å². The van der Waals surface area contributed by atoms with E-state index in [1.165, 1.54) is 0 Å². The molecule has 1 unspecified atom stereocenters. The van der Waals surface area contributed by atoms with Crippen molar-refractivity contribution in [1.29, 1.82) is 0 Å². The minimum atomic E-state index is -0.361. The van der Waals surface area contributed by atoms with E-state index in [0.29, 0.717) is 10.1 Å². The molecule has 4 nitrogen and oxygen atoms in total. The van der Waals surface area contributed by atoms with E-state index in [2.05, 4.69) is 10.6 Å². The third kappa shape index (κ3) is 4.62. The van der Waals surface area contributed by atoms with Crippen LogP contribution in [0.5, 0.6) is 0 Å². The van der Waals surface area contributed by atoms with Gasteiger partial charge in [0.1, 0.15) is 0 Å². The minimum absolute atomic E-state index is 0.0745. The van der Waals surface area contributed by atoms with Crippen molar-refractivity contribution in [2.45, 2.75) is 26.2 Å². The summed E-state index contributed by atoms with van der Waals surface area (Å²) in [6, 6.07) is 5.56. The number of ether oxygens (including phenoxy) is 2. The van der Waals surface area contributed by atoms with Gasteiger partial charge in [0, 0.05) is 24.9 Å². The van der Waals surface area contributed by atoms with Gasteiger partial charge in [-0.2, -0.15) is 0 Å². The average Bonchev–Trinajstić information content (AvgIpc) is 2.36. The van der Waals surface area contributed by atoms with Crippen molar-refractivity contribution in [2.75, 3.05) is 19.5 Å². The van der Waals surface area contributed by atoms with E-state index < -0.39 is 0 Å². The van der Waals surface area contributed by atoms with Gasteiger partial charge in [0.05, 0.1) is 6.04 Å². The second-order valence-electron chi connectivity index (χ2n) is 4.14. The first-order valence-corrected chi connectivity index (χ1v) is 6.66. The Morgan fingerprint density at radius 2 is 1.95 bits per heavy atom. The van der Waals surface area contributed by atoms with Crippen LogP contribution in [0.15, 0.2) is 18.2 Å². The molecule has 1 atom stereocenters. The van der Waals surface area contributed by atoms with Gasteiger partial charge in [-0.15, -0.1) is 0 Å². The molecule has 0 aliphatic carbocycles. The molecular weight excluding hydrogens is 284 g/mol. The molecule has 0 saturated heterocycles. The van der Waals surface area contributed by atoms with Crippen molar-refractivity contribution in [1.82, 2.24) is 5.32 Å². The predicted octanol–water partition coefficient (Wildman–Crippen LogP) is 2.94. The molecule has 19 heavy (non-hydrogen) atoms. The van der Waals surface area contributed by atoms with Crippen LogP contribution in [0.2, 0.25) is 5.02 Å². The SMILES string of the molecule is COC(OC)C(C)NC(=S)Nc1cccc(Cl)c1C. The molecule has 0 aliphatic rings. The fourth-order valence-electron chi connectivity index (χ4n) is 1.68. The highest BCUT2D eigenvalue weighted by Crippen LogP contribution is 2.22. The first kappa shape index (κ1) is 16.2. The van der Waals surface area contributed by atoms with Crippen LogP contribution in [0.4, 0.5) is 5.69 Å². The number of anilines is 1. The molecule has 1 rings (SSSR count). The van der Waals surface area contributed by atoms with Crippen molar-refractivity contribution in [3.05, 3.63) is 28.8 Å². The van der Waals surface area contributed by atoms with Gasteiger partial charge in [0.15, 0.2) is 11.4 Å². The van der Waals surface area contributed by atoms with Crippen molar-refractivity contribution in [3.8, 4) is 0 Å². The third-order valence-electron chi connectivity index (χ3n) is 2.75. The Kier molecular flexibility index (Phi) is 6.51. The fourth-order valence-corrected chi connectivity index (χ4v) is 2.15. The summed E-state index contributed by atoms with van der Waals surface area (Å²) in [7, 11) is 3.17. The van der Waals surface area contributed by atoms with Gasteiger partial charge in [-0.25, -0.2) is 0 Å². The van der Waals surface area contributed by atoms with Crippen LogP contribution in [0, 0.1) is 6.92 Å². The van der Waals surface area contributed by atoms with Gasteiger partial charge < -0.3 is 20.1 Å². The molecule has 0 saturated carbocycles. The van der Waals surface area contributed by atoms with Crippen molar-refractivity contribution >= 4 is 34.6 Å². The molecule has 1 aromatic carbocycles. The van der Waals surface area contributed by atoms with Gasteiger partial charge in [-0.05, 0) is 43.8 Å². The normalized spacial score (nSPS) is 12.3. The first-order chi connectivity index (χ1) is 8.99. The lowest BCUT2D eigenvalue weighted by Crippen LogP contribution is -2.44. The zero-order chi connectivity index (χ0) is 14.4. The number of benzene rings is 1. The topological polar surface area (TPSA) is 42.5 Å². The van der Waals surface area contributed by atoms with Crippen LogP contribution in [0.1, 0.15) is 12.5 Å². The maximum atomic E-state index is 6.05. The van der Waals surface area contributed by atoms with Crippen molar-refractivity contribution < 1.29 is 9.47 Å². The number of nitrogens with one attached hydrogen (secondary N) is 2. The summed E-state index contributed by atoms with van der Waals surface area (Å²) >= 11 is 11.3. The van der Waals surface area contributed by atoms with Gasteiger partial charge in [0.25, 0.3) is 0 Å². The number of hydrogen-bond acceptors (Lipinski definition) is 3. The first-order valence-electron chi connectivity index (χ1n) is 5.87. The summed E-state index contributed by atoms with van der Waals surface area (Å²) in [5, 5.41) is 7.41. The maximum absolute atomic E-state index is 6.05. The van der Waals surface area contributed by atoms with E-state index >= 15 is 0 Å². The minimum Gasteiger partial charge on any atom is -0.355 e. The standard InChI is InChI=1S/C13H19ClN2O2S/c1-8-10(14)6-5-7-11(8)16-13(19)15-9(2)12(17-3)18-4/h5-7,9,12H,1-4H3,(H2,15,16,19). The van der Waals surface area contributed by atoms with Gasteiger partial charge in [0.2, 0.25) is 0 Å². The lowest BCUT2D eigenvalue weighted by atomic mass is 10.2. The Morgan fingerprint density at radius 3 is 2.53 bits per heavy atom. The molecule has 0 aliphatic heterocycles. The predicted molar refractivity (Wildman–Crippen MR) is 82.8 cm³/mol. The molecule has 6 heteroatoms. The summed E-state index contributed by atoms with van der Waals surface area (Å²) in [6.07, 6.45) is -0.361. The highest BCUT2D eigenvalue weighted by molar-refractivity contribution is 7.80. The van der Waals surface area contributed by atoms with Crippen LogP contribution in [-0.2, 0) is 9.47 Å². The number of hydrogen-bond donors (Lipinski definition) is 2. The van der Waals surface area contributed by atoms with Gasteiger partial charge >= 0.3 is 0 Å². The van der Waals surface area contributed by atoms with Crippen LogP contribution < -0.4 is 10.6 Å². The van der Waals surface area contributed by atoms with E-state index in [0.717, 1.165) is 11.3 Å². The molecule has 1 aromatic rings. The van der Waals surface area contributed by atoms with Gasteiger partial charge in [-0.1, -0.05) is 17.7 Å². The van der Waals surface area contributed by atoms with E-state index in [1.807, 2.05) is 32.0 Å². The zero-order valence-corrected chi connectivity index (χ0v) is 13.1. The molecule has 2 N–H and O–H groups in total. The second-order valence-corrected chi connectivity index (χ2v) is 4.95. The average molecular weight is 303 g/mol. The Balaban J connectivity index is 2.63. The molecule has 0 bridgehead atoms. The van der Waals surface area contributed by atoms with E-state index in [-0.39, 0.29) is 12.3 Å². The zero-order valence-electron chi connectivity index (χ0n) is 11.5. The molecule has 0 amide bonds. The summed E-state index contributed by atoms with van der Waals surface area (Å²) in [5.74, 6) is 0. The number of rotatable bonds is 5. The summed E-state index contributed by atoms with van der Waals surface area (Å²) in [6.45, 7) is 3.86. The smallest absolute Gasteiger partial charge is 0.176 e. The van der Waals surface area contributed by atoms with E-state index in [1.54, 1.807) is 14.2 Å². The Morgan fingerprint density at radius 1 is 1.32 bits per heavy atom. The highest BCUT2D eigenvalue weighted by atomic mass is 35.5. The lowest BCUT2D eigenvalue weighted by molar-refractivity contribution is -0.116. The maximum Gasteiger partial charge on any atom is 0.176 e. The summed E-state index contributed by atoms with van der Waals surface area (Å²) in [4.78, 5) is 0. The second kappa shape index (κ2) is 7.65. The fraction of sp³-hybridized carbons (Fsp3) is 0.462. The largest absolute Gasteiger partial charge is 0.355 e. The van der Waals surface area contributed by atoms with Crippen molar-refractivity contribution in [3.63, 3.8) is 0 Å². The number of halogens is 1. The molecule has 0 radical (unpaired) electrons. The summed E-state index contributed by atoms with van der Waals surface area (Å²) in [5.41, 5.74) is 1.83. The van der Waals surface area contributed by atoms with Crippen LogP contribution >= 0.6 is 23.8 Å². The molecule has 106 valence electrons. The molecule has 0 fully saturated rings. The Bertz CT molecular complexity index is 439. The number of methoxy groups -OCH3 is 2.